The number of ether oxygens (including phenoxy) is 6. The largest absolute Gasteiger partial charge is 0.468 e. The average Bonchev–Trinajstić information content (AvgIpc) is 2.66. The van der Waals surface area contributed by atoms with Crippen molar-refractivity contribution in [2.45, 2.75) is 63.6 Å². The molecule has 6 atom stereocenters. The van der Waals surface area contributed by atoms with E-state index in [0.717, 1.165) is 32.5 Å². The molecule has 1 rings (SSSR count). The Morgan fingerprint density at radius 2 is 1.39 bits per heavy atom. The van der Waals surface area contributed by atoms with Gasteiger partial charge in [-0.3, -0.25) is 24.0 Å². The molecule has 0 aliphatic carbocycles. The molecule has 1 aliphatic rings. The van der Waals surface area contributed by atoms with E-state index >= 15 is 0 Å². The van der Waals surface area contributed by atoms with Crippen molar-refractivity contribution < 1.29 is 52.4 Å². The summed E-state index contributed by atoms with van der Waals surface area (Å²) >= 11 is 0.991. The number of carbonyl (C=O) groups excluding carboxylic acids is 5. The van der Waals surface area contributed by atoms with E-state index < -0.39 is 65.7 Å². The molecule has 1 fully saturated rings. The van der Waals surface area contributed by atoms with E-state index in [1.54, 1.807) is 0 Å². The molecule has 0 aromatic heterocycles. The third kappa shape index (κ3) is 8.71. The van der Waals surface area contributed by atoms with E-state index in [4.69, 9.17) is 29.4 Å². The molecule has 0 aromatic carbocycles. The smallest absolute Gasteiger partial charge is 0.323 e. The molecule has 13 heteroatoms. The summed E-state index contributed by atoms with van der Waals surface area (Å²) in [5, 5.41) is 0. The minimum absolute atomic E-state index is 0.000411. The second-order valence-corrected chi connectivity index (χ2v) is 7.66. The lowest BCUT2D eigenvalue weighted by atomic mass is 9.99. The molecule has 1 heterocycles. The Morgan fingerprint density at radius 3 is 1.87 bits per heavy atom. The van der Waals surface area contributed by atoms with Crippen LogP contribution >= 0.6 is 11.8 Å². The van der Waals surface area contributed by atoms with Gasteiger partial charge >= 0.3 is 29.8 Å². The summed E-state index contributed by atoms with van der Waals surface area (Å²) in [4.78, 5) is 58.0. The number of carbonyl (C=O) groups is 5. The van der Waals surface area contributed by atoms with Crippen molar-refractivity contribution >= 4 is 41.6 Å². The predicted molar refractivity (Wildman–Crippen MR) is 104 cm³/mol. The van der Waals surface area contributed by atoms with Crippen molar-refractivity contribution in [3.8, 4) is 0 Å². The summed E-state index contributed by atoms with van der Waals surface area (Å²) in [6, 6.07) is -1.01. The maximum absolute atomic E-state index is 11.7. The quantitative estimate of drug-likeness (QED) is 0.336. The lowest BCUT2D eigenvalue weighted by molar-refractivity contribution is -0.237. The maximum atomic E-state index is 11.7. The van der Waals surface area contributed by atoms with Crippen LogP contribution in [0.1, 0.15) is 27.7 Å². The van der Waals surface area contributed by atoms with Crippen molar-refractivity contribution in [1.82, 2.24) is 0 Å². The number of esters is 5. The van der Waals surface area contributed by atoms with Crippen LogP contribution in [0.3, 0.4) is 0 Å². The number of thioether (sulfide) groups is 1. The van der Waals surface area contributed by atoms with Gasteiger partial charge in [-0.15, -0.1) is 11.8 Å². The molecule has 1 saturated heterocycles. The molecule has 1 aliphatic heterocycles. The minimum atomic E-state index is -1.27. The van der Waals surface area contributed by atoms with Gasteiger partial charge in [0.25, 0.3) is 0 Å². The number of nitrogens with two attached hydrogens (primary N) is 1. The number of rotatable bonds is 9. The third-order valence-corrected chi connectivity index (χ3v) is 5.15. The molecule has 31 heavy (non-hydrogen) atoms. The monoisotopic (exact) mass is 465 g/mol. The lowest BCUT2D eigenvalue weighted by Gasteiger charge is -2.44. The molecule has 4 unspecified atom stereocenters. The number of hydrogen-bond donors (Lipinski definition) is 1. The summed E-state index contributed by atoms with van der Waals surface area (Å²) in [7, 11) is 1.18. The predicted octanol–water partition coefficient (Wildman–Crippen LogP) is -0.697. The van der Waals surface area contributed by atoms with Crippen LogP contribution in [0.15, 0.2) is 0 Å². The van der Waals surface area contributed by atoms with Gasteiger partial charge in [0, 0.05) is 33.4 Å². The topological polar surface area (TPSA) is 167 Å². The lowest BCUT2D eigenvalue weighted by Crippen LogP contribution is -2.61. The summed E-state index contributed by atoms with van der Waals surface area (Å²) in [5.74, 6) is -3.46. The molecular weight excluding hydrogens is 438 g/mol. The zero-order valence-electron chi connectivity index (χ0n) is 17.9. The van der Waals surface area contributed by atoms with E-state index in [-0.39, 0.29) is 12.4 Å². The van der Waals surface area contributed by atoms with Gasteiger partial charge in [0.15, 0.2) is 18.3 Å². The first kappa shape index (κ1) is 26.7. The summed E-state index contributed by atoms with van der Waals surface area (Å²) in [6.07, 6.45) is -4.78. The normalized spacial score (nSPS) is 26.2. The Labute approximate surface area is 183 Å². The number of hydrogen-bond acceptors (Lipinski definition) is 13. The first-order valence-corrected chi connectivity index (χ1v) is 10.3. The second-order valence-electron chi connectivity index (χ2n) is 6.53. The molecule has 2 N–H and O–H groups in total. The van der Waals surface area contributed by atoms with E-state index in [1.807, 2.05) is 0 Å². The zero-order valence-corrected chi connectivity index (χ0v) is 18.7. The molecule has 0 spiro atoms. The highest BCUT2D eigenvalue weighted by Crippen LogP contribution is 2.34. The van der Waals surface area contributed by atoms with Gasteiger partial charge in [0.2, 0.25) is 0 Å². The fourth-order valence-corrected chi connectivity index (χ4v) is 3.90. The van der Waals surface area contributed by atoms with Crippen LogP contribution in [-0.4, -0.2) is 85.2 Å². The average molecular weight is 465 g/mol. The third-order valence-electron chi connectivity index (χ3n) is 3.89. The van der Waals surface area contributed by atoms with Gasteiger partial charge in [-0.2, -0.15) is 0 Å². The van der Waals surface area contributed by atoms with Crippen molar-refractivity contribution in [1.29, 1.82) is 0 Å². The minimum Gasteiger partial charge on any atom is -0.468 e. The van der Waals surface area contributed by atoms with E-state index in [2.05, 4.69) is 4.74 Å². The summed E-state index contributed by atoms with van der Waals surface area (Å²) in [5.41, 5.74) is 4.75. The fraction of sp³-hybridized carbons (Fsp3) is 0.722. The van der Waals surface area contributed by atoms with Gasteiger partial charge in [0.05, 0.1) is 7.11 Å². The molecular formula is C18H27NO11S. The molecule has 176 valence electrons. The van der Waals surface area contributed by atoms with Gasteiger partial charge in [0.1, 0.15) is 24.2 Å². The molecule has 0 aromatic rings. The van der Waals surface area contributed by atoms with Crippen LogP contribution in [0.2, 0.25) is 0 Å². The van der Waals surface area contributed by atoms with Crippen molar-refractivity contribution in [3.63, 3.8) is 0 Å². The van der Waals surface area contributed by atoms with Gasteiger partial charge in [-0.1, -0.05) is 0 Å². The van der Waals surface area contributed by atoms with Crippen LogP contribution in [0, 0.1) is 0 Å². The first-order valence-electron chi connectivity index (χ1n) is 9.21. The fourth-order valence-electron chi connectivity index (χ4n) is 2.74. The number of methoxy groups -OCH3 is 1. The maximum Gasteiger partial charge on any atom is 0.323 e. The highest BCUT2D eigenvalue weighted by Gasteiger charge is 2.52. The zero-order chi connectivity index (χ0) is 23.7. The Hall–Kier alpha value is -2.38. The van der Waals surface area contributed by atoms with Crippen molar-refractivity contribution in [2.24, 2.45) is 5.73 Å². The molecule has 0 radical (unpaired) electrons. The Morgan fingerprint density at radius 1 is 0.871 bits per heavy atom. The van der Waals surface area contributed by atoms with Crippen LogP contribution in [-0.2, 0) is 52.4 Å². The van der Waals surface area contributed by atoms with Crippen LogP contribution in [0.25, 0.3) is 0 Å². The summed E-state index contributed by atoms with van der Waals surface area (Å²) < 4.78 is 31.3. The highest BCUT2D eigenvalue weighted by atomic mass is 32.2. The van der Waals surface area contributed by atoms with Gasteiger partial charge in [-0.05, 0) is 0 Å². The van der Waals surface area contributed by atoms with E-state index in [1.165, 1.54) is 14.0 Å². The highest BCUT2D eigenvalue weighted by molar-refractivity contribution is 7.99. The molecule has 0 saturated carbocycles. The SMILES string of the molecule is COC(=O)C(N)CS[C@@H]1OC(COC(C)=O)[C@@H](OC(C)=O)C(OC(C)=O)C1OC(C)=O. The standard InChI is InChI=1S/C18H27NO11S/c1-8(20)26-6-13-14(27-9(2)21)15(28-10(3)22)16(29-11(4)23)18(30-13)31-7-12(19)17(24)25-5/h12-16,18H,6-7,19H2,1-5H3/t12?,13?,14-,15?,16?,18+/m1/s1. The van der Waals surface area contributed by atoms with Crippen molar-refractivity contribution in [3.05, 3.63) is 0 Å². The summed E-state index contributed by atoms with van der Waals surface area (Å²) in [6.45, 7) is 4.24. The van der Waals surface area contributed by atoms with E-state index in [0.29, 0.717) is 0 Å². The van der Waals surface area contributed by atoms with Gasteiger partial charge in [-0.25, -0.2) is 0 Å². The molecule has 12 nitrogen and oxygen atoms in total. The van der Waals surface area contributed by atoms with Crippen LogP contribution in [0.4, 0.5) is 0 Å². The van der Waals surface area contributed by atoms with Crippen LogP contribution in [0.5, 0.6) is 0 Å². The molecule has 0 bridgehead atoms. The molecule has 0 amide bonds. The Kier molecular flexibility index (Phi) is 10.7. The second kappa shape index (κ2) is 12.5. The van der Waals surface area contributed by atoms with Crippen LogP contribution < -0.4 is 5.73 Å². The first-order chi connectivity index (χ1) is 14.5. The Bertz CT molecular complexity index is 685. The van der Waals surface area contributed by atoms with Crippen molar-refractivity contribution in [2.75, 3.05) is 19.5 Å². The van der Waals surface area contributed by atoms with Gasteiger partial charge < -0.3 is 34.2 Å². The van der Waals surface area contributed by atoms with E-state index in [9.17, 15) is 24.0 Å². The Balaban J connectivity index is 3.25.